The van der Waals surface area contributed by atoms with Crippen LogP contribution in [0, 0.1) is 0 Å². The molecule has 8 heteroatoms. The van der Waals surface area contributed by atoms with Gasteiger partial charge in [0.2, 0.25) is 0 Å². The predicted octanol–water partition coefficient (Wildman–Crippen LogP) is 11.4. The fourth-order valence-corrected chi connectivity index (χ4v) is 8.16. The van der Waals surface area contributed by atoms with Gasteiger partial charge in [0, 0.05) is 33.5 Å². The molecule has 8 nitrogen and oxygen atoms in total. The number of benzene rings is 8. The summed E-state index contributed by atoms with van der Waals surface area (Å²) in [6, 6.07) is 59.4. The molecule has 0 bridgehead atoms. The summed E-state index contributed by atoms with van der Waals surface area (Å²) in [5.74, 6) is -2.29. The van der Waals surface area contributed by atoms with Crippen molar-refractivity contribution in [3.63, 3.8) is 0 Å². The lowest BCUT2D eigenvalue weighted by atomic mass is 9.82. The van der Waals surface area contributed by atoms with Gasteiger partial charge in [0.15, 0.2) is 0 Å². The maximum atomic E-state index is 15.3. The molecule has 0 unspecified atom stereocenters. The lowest BCUT2D eigenvalue weighted by molar-refractivity contribution is 0.0873. The zero-order valence-corrected chi connectivity index (χ0v) is 30.9. The van der Waals surface area contributed by atoms with Gasteiger partial charge in [-0.1, -0.05) is 109 Å². The molecule has 0 saturated heterocycles. The van der Waals surface area contributed by atoms with E-state index in [1.165, 1.54) is 9.80 Å². The molecule has 0 radical (unpaired) electrons. The average Bonchev–Trinajstić information content (AvgIpc) is 3.27. The molecule has 2 aliphatic heterocycles. The highest BCUT2D eigenvalue weighted by atomic mass is 16.2. The Bertz CT molecular complexity index is 2630. The van der Waals surface area contributed by atoms with Crippen LogP contribution in [0.3, 0.4) is 0 Å². The van der Waals surface area contributed by atoms with Crippen LogP contribution in [-0.4, -0.2) is 23.6 Å². The number of imide groups is 2. The topological polar surface area (TPSA) is 81.2 Å². The van der Waals surface area contributed by atoms with Crippen molar-refractivity contribution in [2.75, 3.05) is 19.6 Å². The fraction of sp³-hybridized carbons (Fsp3) is 0. The van der Waals surface area contributed by atoms with Crippen LogP contribution in [0.1, 0.15) is 41.4 Å². The summed E-state index contributed by atoms with van der Waals surface area (Å²) in [6.07, 6.45) is 0. The molecule has 0 atom stereocenters. The van der Waals surface area contributed by atoms with E-state index in [1.54, 1.807) is 60.7 Å². The molecule has 10 rings (SSSR count). The molecule has 4 amide bonds. The molecule has 8 aromatic carbocycles. The van der Waals surface area contributed by atoms with E-state index in [1.807, 2.05) is 143 Å². The SMILES string of the molecule is O=C1c2cc(N(c3ccccc3)c3ccccc3)c3c4c(cc(N(c5ccccc5)c5ccccc5)c(c24)C(=O)N1c1ccccc1)C(=O)N(c1ccccc1)C3=O. The van der Waals surface area contributed by atoms with E-state index in [0.717, 1.165) is 22.7 Å². The fourth-order valence-electron chi connectivity index (χ4n) is 8.16. The van der Waals surface area contributed by atoms with Crippen LogP contribution in [0.4, 0.5) is 45.5 Å². The zero-order chi connectivity index (χ0) is 39.3. The first-order valence-corrected chi connectivity index (χ1v) is 18.9. The summed E-state index contributed by atoms with van der Waals surface area (Å²) in [5, 5.41) is 0.501. The Morgan fingerprint density at radius 3 is 0.845 bits per heavy atom. The van der Waals surface area contributed by atoms with Gasteiger partial charge < -0.3 is 9.80 Å². The maximum Gasteiger partial charge on any atom is 0.268 e. The van der Waals surface area contributed by atoms with Crippen molar-refractivity contribution < 1.29 is 19.2 Å². The van der Waals surface area contributed by atoms with Crippen LogP contribution in [-0.2, 0) is 0 Å². The minimum atomic E-state index is -0.575. The molecule has 2 aliphatic rings. The smallest absolute Gasteiger partial charge is 0.268 e. The van der Waals surface area contributed by atoms with Gasteiger partial charge in [0.05, 0.1) is 45.0 Å². The first kappa shape index (κ1) is 34.4. The second-order valence-corrected chi connectivity index (χ2v) is 14.0. The Morgan fingerprint density at radius 2 is 0.569 bits per heavy atom. The number of amides is 4. The molecular formula is C50H32N4O4. The molecule has 0 aromatic heterocycles. The van der Waals surface area contributed by atoms with Gasteiger partial charge in [-0.15, -0.1) is 0 Å². The highest BCUT2D eigenvalue weighted by Crippen LogP contribution is 2.51. The molecule has 8 aromatic rings. The lowest BCUT2D eigenvalue weighted by Crippen LogP contribution is -2.44. The maximum absolute atomic E-state index is 15.3. The Morgan fingerprint density at radius 1 is 0.310 bits per heavy atom. The van der Waals surface area contributed by atoms with Gasteiger partial charge in [-0.05, 0) is 84.9 Å². The number of para-hydroxylation sites is 6. The number of rotatable bonds is 8. The molecule has 276 valence electrons. The lowest BCUT2D eigenvalue weighted by Gasteiger charge is -2.38. The summed E-state index contributed by atoms with van der Waals surface area (Å²) in [6.45, 7) is 0. The van der Waals surface area contributed by atoms with E-state index >= 15 is 19.2 Å². The monoisotopic (exact) mass is 752 g/mol. The van der Waals surface area contributed by atoms with Crippen molar-refractivity contribution in [3.8, 4) is 0 Å². The molecule has 0 N–H and O–H groups in total. The first-order valence-electron chi connectivity index (χ1n) is 18.9. The summed E-state index contributed by atoms with van der Waals surface area (Å²) in [4.78, 5) is 67.2. The van der Waals surface area contributed by atoms with Crippen molar-refractivity contribution in [1.82, 2.24) is 0 Å². The van der Waals surface area contributed by atoms with Crippen LogP contribution < -0.4 is 19.6 Å². The number of carbonyl (C=O) groups is 4. The van der Waals surface area contributed by atoms with Crippen molar-refractivity contribution in [2.24, 2.45) is 0 Å². The Hall–Kier alpha value is -8.10. The third-order valence-electron chi connectivity index (χ3n) is 10.6. The van der Waals surface area contributed by atoms with E-state index < -0.39 is 23.6 Å². The largest absolute Gasteiger partial charge is 0.310 e. The standard InChI is InChI=1S/C50H32N4O4/c55-47-39-31-41(51(33-19-7-1-8-20-33)34-21-9-2-10-22-34)45-43-40(48(56)53(49(45)57)37-27-15-5-16-28-37)32-42(46(44(39)43)50(58)54(47)38-29-17-6-18-30-38)52(35-23-11-3-12-24-35)36-25-13-4-14-26-36/h1-32H. The van der Waals surface area contributed by atoms with Crippen LogP contribution in [0.15, 0.2) is 194 Å². The van der Waals surface area contributed by atoms with E-state index in [0.29, 0.717) is 22.7 Å². The van der Waals surface area contributed by atoms with Crippen molar-refractivity contribution in [3.05, 3.63) is 216 Å². The van der Waals surface area contributed by atoms with Gasteiger partial charge in [-0.25, -0.2) is 9.80 Å². The molecule has 2 heterocycles. The number of carbonyl (C=O) groups excluding carboxylic acids is 4. The number of nitrogens with zero attached hydrogens (tertiary/aromatic N) is 4. The van der Waals surface area contributed by atoms with Crippen LogP contribution in [0.2, 0.25) is 0 Å². The van der Waals surface area contributed by atoms with Crippen LogP contribution in [0.25, 0.3) is 10.8 Å². The molecule has 0 saturated carbocycles. The van der Waals surface area contributed by atoms with E-state index in [-0.39, 0.29) is 33.0 Å². The van der Waals surface area contributed by atoms with Gasteiger partial charge in [0.25, 0.3) is 23.6 Å². The first-order chi connectivity index (χ1) is 28.5. The van der Waals surface area contributed by atoms with E-state index in [4.69, 9.17) is 0 Å². The quantitative estimate of drug-likeness (QED) is 0.144. The normalized spacial score (nSPS) is 13.2. The highest BCUT2D eigenvalue weighted by molar-refractivity contribution is 6.45. The zero-order valence-electron chi connectivity index (χ0n) is 30.9. The third-order valence-corrected chi connectivity index (χ3v) is 10.6. The molecule has 0 spiro atoms. The Balaban J connectivity index is 1.39. The Labute approximate surface area is 334 Å². The summed E-state index contributed by atoms with van der Waals surface area (Å²) < 4.78 is 0. The Kier molecular flexibility index (Phi) is 8.23. The average molecular weight is 753 g/mol. The number of anilines is 8. The summed E-state index contributed by atoms with van der Waals surface area (Å²) in [7, 11) is 0. The van der Waals surface area contributed by atoms with Gasteiger partial charge in [-0.2, -0.15) is 0 Å². The third kappa shape index (κ3) is 5.38. The molecular weight excluding hydrogens is 721 g/mol. The minimum Gasteiger partial charge on any atom is -0.310 e. The number of hydrogen-bond acceptors (Lipinski definition) is 6. The van der Waals surface area contributed by atoms with Crippen LogP contribution >= 0.6 is 0 Å². The summed E-state index contributed by atoms with van der Waals surface area (Å²) in [5.41, 5.74) is 5.20. The molecule has 0 aliphatic carbocycles. The van der Waals surface area contributed by atoms with E-state index in [2.05, 4.69) is 0 Å². The number of hydrogen-bond donors (Lipinski definition) is 0. The van der Waals surface area contributed by atoms with Crippen molar-refractivity contribution in [2.45, 2.75) is 0 Å². The van der Waals surface area contributed by atoms with Crippen molar-refractivity contribution >= 4 is 79.9 Å². The molecule has 58 heavy (non-hydrogen) atoms. The minimum absolute atomic E-state index is 0.182. The second kappa shape index (κ2) is 13.9. The second-order valence-electron chi connectivity index (χ2n) is 14.0. The molecule has 0 fully saturated rings. The van der Waals surface area contributed by atoms with Gasteiger partial charge in [0.1, 0.15) is 0 Å². The van der Waals surface area contributed by atoms with Crippen LogP contribution in [0.5, 0.6) is 0 Å². The summed E-state index contributed by atoms with van der Waals surface area (Å²) >= 11 is 0. The van der Waals surface area contributed by atoms with Crippen molar-refractivity contribution in [1.29, 1.82) is 0 Å². The highest BCUT2D eigenvalue weighted by Gasteiger charge is 2.45. The van der Waals surface area contributed by atoms with Gasteiger partial charge >= 0.3 is 0 Å². The van der Waals surface area contributed by atoms with Gasteiger partial charge in [-0.3, -0.25) is 19.2 Å². The predicted molar refractivity (Wildman–Crippen MR) is 228 cm³/mol. The van der Waals surface area contributed by atoms with E-state index in [9.17, 15) is 0 Å².